The molecule has 1 atom stereocenters. The van der Waals surface area contributed by atoms with Gasteiger partial charge in [0.05, 0.1) is 25.0 Å². The summed E-state index contributed by atoms with van der Waals surface area (Å²) in [6.07, 6.45) is 1.09. The predicted molar refractivity (Wildman–Crippen MR) is 67.7 cm³/mol. The van der Waals surface area contributed by atoms with Gasteiger partial charge in [-0.2, -0.15) is 0 Å². The molecule has 0 saturated carbocycles. The summed E-state index contributed by atoms with van der Waals surface area (Å²) in [5.74, 6) is 0.982. The fourth-order valence-electron chi connectivity index (χ4n) is 1.98. The van der Waals surface area contributed by atoms with Crippen LogP contribution >= 0.6 is 0 Å². The van der Waals surface area contributed by atoms with Crippen molar-refractivity contribution < 1.29 is 14.3 Å². The summed E-state index contributed by atoms with van der Waals surface area (Å²) < 4.78 is 10.00. The van der Waals surface area contributed by atoms with Crippen LogP contribution in [0.15, 0.2) is 12.1 Å². The maximum atomic E-state index is 11.4. The van der Waals surface area contributed by atoms with Gasteiger partial charge < -0.3 is 14.8 Å². The van der Waals surface area contributed by atoms with Gasteiger partial charge in [-0.25, -0.2) is 9.78 Å². The number of nitrogens with zero attached hydrogens (tertiary/aromatic N) is 1. The molecule has 1 aliphatic heterocycles. The van der Waals surface area contributed by atoms with E-state index in [0.717, 1.165) is 32.0 Å². The van der Waals surface area contributed by atoms with Crippen molar-refractivity contribution in [1.29, 1.82) is 0 Å². The van der Waals surface area contributed by atoms with Gasteiger partial charge in [-0.1, -0.05) is 0 Å². The minimum absolute atomic E-state index is 0.351. The van der Waals surface area contributed by atoms with E-state index in [1.165, 1.54) is 7.11 Å². The number of anilines is 1. The monoisotopic (exact) mass is 250 g/mol. The quantitative estimate of drug-likeness (QED) is 0.823. The van der Waals surface area contributed by atoms with Crippen LogP contribution < -0.4 is 5.32 Å². The molecule has 1 unspecified atom stereocenters. The van der Waals surface area contributed by atoms with Gasteiger partial charge in [0.2, 0.25) is 0 Å². The van der Waals surface area contributed by atoms with Gasteiger partial charge in [0.25, 0.3) is 0 Å². The van der Waals surface area contributed by atoms with Crippen LogP contribution in [-0.4, -0.2) is 37.8 Å². The third-order valence-electron chi connectivity index (χ3n) is 3.09. The summed E-state index contributed by atoms with van der Waals surface area (Å²) in [5.41, 5.74) is 1.18. The summed E-state index contributed by atoms with van der Waals surface area (Å²) in [5, 5.41) is 3.27. The van der Waals surface area contributed by atoms with E-state index in [4.69, 9.17) is 4.74 Å². The van der Waals surface area contributed by atoms with Crippen LogP contribution in [0.2, 0.25) is 0 Å². The fourth-order valence-corrected chi connectivity index (χ4v) is 1.98. The molecule has 1 aromatic rings. The second-order valence-electron chi connectivity index (χ2n) is 4.43. The minimum atomic E-state index is -0.351. The van der Waals surface area contributed by atoms with Crippen LogP contribution in [0.1, 0.15) is 22.5 Å². The number of rotatable bonds is 4. The SMILES string of the molecule is COC(=O)c1ccc(NCC2CCOC2)nc1C. The third kappa shape index (κ3) is 2.98. The molecule has 1 aliphatic rings. The number of ether oxygens (including phenoxy) is 2. The smallest absolute Gasteiger partial charge is 0.339 e. The van der Waals surface area contributed by atoms with Crippen molar-refractivity contribution in [3.8, 4) is 0 Å². The molecule has 1 fully saturated rings. The normalized spacial score (nSPS) is 18.7. The van der Waals surface area contributed by atoms with Crippen LogP contribution in [-0.2, 0) is 9.47 Å². The van der Waals surface area contributed by atoms with Crippen LogP contribution in [0, 0.1) is 12.8 Å². The molecular weight excluding hydrogens is 232 g/mol. The van der Waals surface area contributed by atoms with Crippen molar-refractivity contribution in [3.63, 3.8) is 0 Å². The zero-order valence-corrected chi connectivity index (χ0v) is 10.7. The first-order valence-electron chi connectivity index (χ1n) is 6.08. The number of carbonyl (C=O) groups is 1. The molecule has 98 valence electrons. The van der Waals surface area contributed by atoms with Crippen molar-refractivity contribution in [1.82, 2.24) is 4.98 Å². The standard InChI is InChI=1S/C13H18N2O3/c1-9-11(13(16)17-2)3-4-12(15-9)14-7-10-5-6-18-8-10/h3-4,10H,5-8H2,1-2H3,(H,14,15). The molecular formula is C13H18N2O3. The van der Waals surface area contributed by atoms with E-state index in [9.17, 15) is 4.79 Å². The molecule has 0 aromatic carbocycles. The molecule has 0 amide bonds. The molecule has 0 bridgehead atoms. The predicted octanol–water partition coefficient (Wildman–Crippen LogP) is 1.63. The zero-order valence-electron chi connectivity index (χ0n) is 10.7. The van der Waals surface area contributed by atoms with E-state index >= 15 is 0 Å². The minimum Gasteiger partial charge on any atom is -0.465 e. The molecule has 0 aliphatic carbocycles. The summed E-state index contributed by atoms with van der Waals surface area (Å²) in [6, 6.07) is 3.54. The Balaban J connectivity index is 1.97. The van der Waals surface area contributed by atoms with Gasteiger partial charge in [0.15, 0.2) is 0 Å². The maximum Gasteiger partial charge on any atom is 0.339 e. The van der Waals surface area contributed by atoms with E-state index in [2.05, 4.69) is 15.0 Å². The Hall–Kier alpha value is -1.62. The molecule has 1 aromatic heterocycles. The van der Waals surface area contributed by atoms with Gasteiger partial charge >= 0.3 is 5.97 Å². The topological polar surface area (TPSA) is 60.5 Å². The van der Waals surface area contributed by atoms with Gasteiger partial charge in [0.1, 0.15) is 5.82 Å². The van der Waals surface area contributed by atoms with E-state index < -0.39 is 0 Å². The van der Waals surface area contributed by atoms with Crippen LogP contribution in [0.3, 0.4) is 0 Å². The first kappa shape index (κ1) is 12.8. The average molecular weight is 250 g/mol. The molecule has 1 saturated heterocycles. The highest BCUT2D eigenvalue weighted by atomic mass is 16.5. The van der Waals surface area contributed by atoms with E-state index in [1.54, 1.807) is 19.1 Å². The molecule has 18 heavy (non-hydrogen) atoms. The average Bonchev–Trinajstić information content (AvgIpc) is 2.88. The van der Waals surface area contributed by atoms with E-state index in [0.29, 0.717) is 17.2 Å². The molecule has 5 heteroatoms. The van der Waals surface area contributed by atoms with Crippen molar-refractivity contribution in [2.75, 3.05) is 32.2 Å². The van der Waals surface area contributed by atoms with Crippen LogP contribution in [0.5, 0.6) is 0 Å². The van der Waals surface area contributed by atoms with Crippen LogP contribution in [0.4, 0.5) is 5.82 Å². The number of nitrogens with one attached hydrogen (secondary N) is 1. The summed E-state index contributed by atoms with van der Waals surface area (Å²) in [6.45, 7) is 4.31. The van der Waals surface area contributed by atoms with Crippen molar-refractivity contribution in [2.24, 2.45) is 5.92 Å². The Morgan fingerprint density at radius 1 is 1.61 bits per heavy atom. The number of esters is 1. The number of hydrogen-bond donors (Lipinski definition) is 1. The van der Waals surface area contributed by atoms with E-state index in [1.807, 2.05) is 0 Å². The number of aromatic nitrogens is 1. The lowest BCUT2D eigenvalue weighted by Crippen LogP contribution is -2.15. The first-order chi connectivity index (χ1) is 8.70. The Bertz CT molecular complexity index is 428. The maximum absolute atomic E-state index is 11.4. The highest BCUT2D eigenvalue weighted by Gasteiger charge is 2.16. The molecule has 5 nitrogen and oxygen atoms in total. The van der Waals surface area contributed by atoms with Crippen LogP contribution in [0.25, 0.3) is 0 Å². The Labute approximate surface area is 107 Å². The first-order valence-corrected chi connectivity index (χ1v) is 6.08. The van der Waals surface area contributed by atoms with Crippen molar-refractivity contribution >= 4 is 11.8 Å². The van der Waals surface area contributed by atoms with Gasteiger partial charge in [-0.3, -0.25) is 0 Å². The molecule has 0 radical (unpaired) electrons. The summed E-state index contributed by atoms with van der Waals surface area (Å²) in [4.78, 5) is 15.8. The zero-order chi connectivity index (χ0) is 13.0. The number of pyridine rings is 1. The number of carbonyl (C=O) groups excluding carboxylic acids is 1. The molecule has 2 heterocycles. The van der Waals surface area contributed by atoms with Gasteiger partial charge in [0, 0.05) is 19.1 Å². The van der Waals surface area contributed by atoms with Gasteiger partial charge in [-0.05, 0) is 25.5 Å². The Morgan fingerprint density at radius 3 is 3.06 bits per heavy atom. The Morgan fingerprint density at radius 2 is 2.44 bits per heavy atom. The summed E-state index contributed by atoms with van der Waals surface area (Å²) in [7, 11) is 1.37. The molecule has 0 spiro atoms. The number of aryl methyl sites for hydroxylation is 1. The van der Waals surface area contributed by atoms with E-state index in [-0.39, 0.29) is 5.97 Å². The Kier molecular flexibility index (Phi) is 4.15. The number of hydrogen-bond acceptors (Lipinski definition) is 5. The second-order valence-corrected chi connectivity index (χ2v) is 4.43. The number of methoxy groups -OCH3 is 1. The lowest BCUT2D eigenvalue weighted by atomic mass is 10.1. The highest BCUT2D eigenvalue weighted by molar-refractivity contribution is 5.90. The summed E-state index contributed by atoms with van der Waals surface area (Å²) >= 11 is 0. The van der Waals surface area contributed by atoms with Gasteiger partial charge in [-0.15, -0.1) is 0 Å². The van der Waals surface area contributed by atoms with Crippen molar-refractivity contribution in [2.45, 2.75) is 13.3 Å². The molecule has 1 N–H and O–H groups in total. The van der Waals surface area contributed by atoms with Crippen molar-refractivity contribution in [3.05, 3.63) is 23.4 Å². The lowest BCUT2D eigenvalue weighted by Gasteiger charge is -2.11. The highest BCUT2D eigenvalue weighted by Crippen LogP contribution is 2.15. The molecule has 2 rings (SSSR count). The fraction of sp³-hybridized carbons (Fsp3) is 0.538. The second kappa shape index (κ2) is 5.82. The third-order valence-corrected chi connectivity index (χ3v) is 3.09. The lowest BCUT2D eigenvalue weighted by molar-refractivity contribution is 0.0599. The largest absolute Gasteiger partial charge is 0.465 e.